The smallest absolute Gasteiger partial charge is 0.301 e. The van der Waals surface area contributed by atoms with Crippen molar-refractivity contribution in [3.8, 4) is 11.5 Å². The first-order chi connectivity index (χ1) is 20.4. The summed E-state index contributed by atoms with van der Waals surface area (Å²) in [5.41, 5.74) is 3.24. The number of anilines is 1. The zero-order valence-electron chi connectivity index (χ0n) is 23.1. The molecule has 1 aliphatic rings. The van der Waals surface area contributed by atoms with E-state index in [0.717, 1.165) is 5.56 Å². The van der Waals surface area contributed by atoms with Gasteiger partial charge in [0.25, 0.3) is 5.78 Å². The van der Waals surface area contributed by atoms with Crippen LogP contribution >= 0.6 is 23.1 Å². The van der Waals surface area contributed by atoms with Gasteiger partial charge in [0.15, 0.2) is 15.8 Å². The Kier molecular flexibility index (Phi) is 9.04. The molecule has 1 saturated heterocycles. The third-order valence-corrected chi connectivity index (χ3v) is 8.64. The fraction of sp³-hybridized carbons (Fsp3) is 0.188. The molecule has 1 amide bonds. The van der Waals surface area contributed by atoms with E-state index in [4.69, 9.17) is 9.47 Å². The van der Waals surface area contributed by atoms with Crippen LogP contribution in [0.3, 0.4) is 0 Å². The van der Waals surface area contributed by atoms with Gasteiger partial charge >= 0.3 is 5.91 Å². The Bertz CT molecular complexity index is 1630. The second-order valence-electron chi connectivity index (χ2n) is 9.40. The summed E-state index contributed by atoms with van der Waals surface area (Å²) in [6.07, 6.45) is 1.63. The number of Topliss-reactive ketones (excluding diaryl/α,β-unsaturated/α-hetero) is 1. The topological polar surface area (TPSA) is 102 Å². The van der Waals surface area contributed by atoms with Crippen LogP contribution in [0.1, 0.15) is 35.2 Å². The van der Waals surface area contributed by atoms with Crippen LogP contribution in [-0.2, 0) is 15.3 Å². The minimum atomic E-state index is -0.972. The lowest BCUT2D eigenvalue weighted by atomic mass is 9.95. The van der Waals surface area contributed by atoms with Crippen LogP contribution in [0.5, 0.6) is 11.5 Å². The van der Waals surface area contributed by atoms with Crippen molar-refractivity contribution >= 4 is 45.7 Å². The number of ether oxygens (including phenoxy) is 2. The quantitative estimate of drug-likeness (QED) is 0.0506. The number of amides is 1. The zero-order valence-corrected chi connectivity index (χ0v) is 24.8. The van der Waals surface area contributed by atoms with Crippen molar-refractivity contribution < 1.29 is 24.2 Å². The summed E-state index contributed by atoms with van der Waals surface area (Å²) >= 11 is 2.71. The molecule has 0 spiro atoms. The summed E-state index contributed by atoms with van der Waals surface area (Å²) in [4.78, 5) is 28.4. The number of carbonyl (C=O) groups is 2. The highest BCUT2D eigenvalue weighted by atomic mass is 32.2. The van der Waals surface area contributed by atoms with E-state index in [0.29, 0.717) is 39.3 Å². The number of hydrogen-bond donors (Lipinski definition) is 1. The molecule has 1 N–H and O–H groups in total. The average Bonchev–Trinajstić information content (AvgIpc) is 3.58. The summed E-state index contributed by atoms with van der Waals surface area (Å²) in [7, 11) is 0. The van der Waals surface area contributed by atoms with Gasteiger partial charge in [-0.25, -0.2) is 0 Å². The molecule has 8 nitrogen and oxygen atoms in total. The molecule has 0 bridgehead atoms. The van der Waals surface area contributed by atoms with Crippen LogP contribution in [0, 0.1) is 6.92 Å². The van der Waals surface area contributed by atoms with E-state index in [-0.39, 0.29) is 23.1 Å². The zero-order chi connectivity index (χ0) is 29.6. The third kappa shape index (κ3) is 6.09. The van der Waals surface area contributed by atoms with E-state index in [1.54, 1.807) is 54.6 Å². The van der Waals surface area contributed by atoms with Crippen molar-refractivity contribution in [1.82, 2.24) is 10.2 Å². The van der Waals surface area contributed by atoms with Gasteiger partial charge in [-0.05, 0) is 37.1 Å². The summed E-state index contributed by atoms with van der Waals surface area (Å²) in [6, 6.07) is 21.1. The van der Waals surface area contributed by atoms with Crippen molar-refractivity contribution in [2.75, 3.05) is 18.1 Å². The number of aryl methyl sites for hydroxylation is 1. The average molecular weight is 600 g/mol. The molecule has 0 saturated carbocycles. The fourth-order valence-electron chi connectivity index (χ4n) is 4.52. The number of rotatable bonds is 11. The molecular weight excluding hydrogens is 571 g/mol. The van der Waals surface area contributed by atoms with Crippen LogP contribution in [0.4, 0.5) is 5.13 Å². The maximum atomic E-state index is 13.6. The SMILES string of the molecule is C=CCOc1ccc(C2C(=C(O)c3ccccc3)C(=O)C(=O)N2c2nnc(SCc3ccc(C)cc3)s2)cc1OCC. The van der Waals surface area contributed by atoms with Crippen LogP contribution in [0.2, 0.25) is 0 Å². The molecule has 1 unspecified atom stereocenters. The Morgan fingerprint density at radius 3 is 2.52 bits per heavy atom. The van der Waals surface area contributed by atoms with Crippen LogP contribution in [0.25, 0.3) is 5.76 Å². The first-order valence-corrected chi connectivity index (χ1v) is 15.1. The van der Waals surface area contributed by atoms with Gasteiger partial charge in [-0.3, -0.25) is 14.5 Å². The fourth-order valence-corrected chi connectivity index (χ4v) is 6.34. The molecule has 4 aromatic rings. The number of aromatic nitrogens is 2. The number of hydrogen-bond acceptors (Lipinski definition) is 9. The van der Waals surface area contributed by atoms with Gasteiger partial charge in [0.05, 0.1) is 18.2 Å². The van der Waals surface area contributed by atoms with E-state index in [9.17, 15) is 14.7 Å². The largest absolute Gasteiger partial charge is 0.507 e. The predicted octanol–water partition coefficient (Wildman–Crippen LogP) is 6.73. The lowest BCUT2D eigenvalue weighted by Crippen LogP contribution is -2.29. The van der Waals surface area contributed by atoms with Gasteiger partial charge in [0.1, 0.15) is 12.4 Å². The molecule has 10 heteroatoms. The molecule has 1 aromatic heterocycles. The molecular formula is C32H29N3O5S2. The Hall–Kier alpha value is -4.41. The molecule has 5 rings (SSSR count). The van der Waals surface area contributed by atoms with E-state index < -0.39 is 17.7 Å². The van der Waals surface area contributed by atoms with Crippen molar-refractivity contribution in [2.45, 2.75) is 30.0 Å². The van der Waals surface area contributed by atoms with Gasteiger partial charge in [-0.15, -0.1) is 10.2 Å². The second-order valence-corrected chi connectivity index (χ2v) is 11.6. The van der Waals surface area contributed by atoms with E-state index in [2.05, 4.69) is 41.0 Å². The van der Waals surface area contributed by atoms with Gasteiger partial charge in [-0.2, -0.15) is 0 Å². The van der Waals surface area contributed by atoms with Crippen molar-refractivity contribution in [3.63, 3.8) is 0 Å². The predicted molar refractivity (Wildman–Crippen MR) is 165 cm³/mol. The number of thioether (sulfide) groups is 1. The number of ketones is 1. The molecule has 1 fully saturated rings. The summed E-state index contributed by atoms with van der Waals surface area (Å²) in [6.45, 7) is 8.23. The van der Waals surface area contributed by atoms with Crippen LogP contribution in [0.15, 0.2) is 95.4 Å². The molecule has 3 aromatic carbocycles. The second kappa shape index (κ2) is 13.1. The number of carbonyl (C=O) groups excluding carboxylic acids is 2. The van der Waals surface area contributed by atoms with E-state index in [1.807, 2.05) is 13.8 Å². The Labute approximate surface area is 252 Å². The number of aliphatic hydroxyl groups excluding tert-OH is 1. The lowest BCUT2D eigenvalue weighted by molar-refractivity contribution is -0.132. The standard InChI is InChI=1S/C32H29N3O5S2/c1-4-17-40-24-16-15-23(18-25(24)39-5-2)27-26(28(36)22-9-7-6-8-10-22)29(37)30(38)35(27)31-33-34-32(42-31)41-19-21-13-11-20(3)12-14-21/h4,6-16,18,27,36H,1,5,17,19H2,2-3H3. The molecule has 42 heavy (non-hydrogen) atoms. The highest BCUT2D eigenvalue weighted by molar-refractivity contribution is 8.00. The monoisotopic (exact) mass is 599 g/mol. The molecule has 2 heterocycles. The summed E-state index contributed by atoms with van der Waals surface area (Å²) in [5.74, 6) is -0.274. The van der Waals surface area contributed by atoms with E-state index in [1.165, 1.54) is 33.6 Å². The first-order valence-electron chi connectivity index (χ1n) is 13.3. The first kappa shape index (κ1) is 29.1. The number of aliphatic hydroxyl groups is 1. The maximum Gasteiger partial charge on any atom is 0.301 e. The van der Waals surface area contributed by atoms with Crippen molar-refractivity contribution in [2.24, 2.45) is 0 Å². The third-order valence-electron chi connectivity index (χ3n) is 6.52. The Morgan fingerprint density at radius 2 is 1.81 bits per heavy atom. The molecule has 0 radical (unpaired) electrons. The molecule has 1 aliphatic heterocycles. The van der Waals surface area contributed by atoms with Gasteiger partial charge in [-0.1, -0.05) is 102 Å². The van der Waals surface area contributed by atoms with Crippen molar-refractivity contribution in [1.29, 1.82) is 0 Å². The lowest BCUT2D eigenvalue weighted by Gasteiger charge is -2.23. The maximum absolute atomic E-state index is 13.6. The van der Waals surface area contributed by atoms with E-state index >= 15 is 0 Å². The Balaban J connectivity index is 1.56. The van der Waals surface area contributed by atoms with Gasteiger partial charge in [0, 0.05) is 11.3 Å². The highest BCUT2D eigenvalue weighted by Gasteiger charge is 2.48. The summed E-state index contributed by atoms with van der Waals surface area (Å²) < 4.78 is 12.2. The highest BCUT2D eigenvalue weighted by Crippen LogP contribution is 2.45. The van der Waals surface area contributed by atoms with Crippen LogP contribution in [-0.4, -0.2) is 40.2 Å². The van der Waals surface area contributed by atoms with Crippen molar-refractivity contribution in [3.05, 3.63) is 113 Å². The van der Waals surface area contributed by atoms with Crippen LogP contribution < -0.4 is 14.4 Å². The molecule has 1 atom stereocenters. The van der Waals surface area contributed by atoms with Gasteiger partial charge < -0.3 is 14.6 Å². The molecule has 214 valence electrons. The summed E-state index contributed by atoms with van der Waals surface area (Å²) in [5, 5.41) is 20.2. The minimum Gasteiger partial charge on any atom is -0.507 e. The molecule has 0 aliphatic carbocycles. The number of benzene rings is 3. The van der Waals surface area contributed by atoms with Gasteiger partial charge in [0.2, 0.25) is 5.13 Å². The normalized spacial score (nSPS) is 16.0. The minimum absolute atomic E-state index is 0.0440. The Morgan fingerprint density at radius 1 is 1.05 bits per heavy atom. The number of nitrogens with zero attached hydrogens (tertiary/aromatic N) is 3.